The third-order valence-corrected chi connectivity index (χ3v) is 2.57. The van der Waals surface area contributed by atoms with Gasteiger partial charge in [-0.15, -0.1) is 11.8 Å². The minimum Gasteiger partial charge on any atom is -0.297 e. The quantitative estimate of drug-likeness (QED) is 0.750. The predicted octanol–water partition coefficient (Wildman–Crippen LogP) is 1.72. The zero-order valence-corrected chi connectivity index (χ0v) is 8.62. The highest BCUT2D eigenvalue weighted by Crippen LogP contribution is 2.11. The van der Waals surface area contributed by atoms with Crippen LogP contribution in [0.25, 0.3) is 10.9 Å². The lowest BCUT2D eigenvalue weighted by Gasteiger charge is -2.06. The minimum absolute atomic E-state index is 0.0276. The molecule has 4 heteroatoms. The van der Waals surface area contributed by atoms with E-state index in [2.05, 4.69) is 4.98 Å². The van der Waals surface area contributed by atoms with Crippen LogP contribution in [0.5, 0.6) is 0 Å². The lowest BCUT2D eigenvalue weighted by molar-refractivity contribution is 0.882. The van der Waals surface area contributed by atoms with E-state index in [4.69, 9.17) is 0 Å². The summed E-state index contributed by atoms with van der Waals surface area (Å²) in [5, 5.41) is 1.05. The van der Waals surface area contributed by atoms with E-state index in [0.29, 0.717) is 5.88 Å². The Hall–Kier alpha value is -1.29. The first kappa shape index (κ1) is 9.27. The molecule has 3 nitrogen and oxygen atoms in total. The van der Waals surface area contributed by atoms with Gasteiger partial charge < -0.3 is 0 Å². The molecule has 0 saturated heterocycles. The highest BCUT2D eigenvalue weighted by Gasteiger charge is 2.00. The Bertz CT molecular complexity index is 507. The van der Waals surface area contributed by atoms with Crippen LogP contribution in [0.15, 0.2) is 35.4 Å². The zero-order chi connectivity index (χ0) is 9.97. The Morgan fingerprint density at radius 1 is 1.43 bits per heavy atom. The first-order valence-corrected chi connectivity index (χ1v) is 5.65. The maximum absolute atomic E-state index is 11.5. The second-order valence-corrected chi connectivity index (χ2v) is 3.79. The molecule has 0 aromatic carbocycles. The summed E-state index contributed by atoms with van der Waals surface area (Å²) in [6, 6.07) is 5.33. The first-order chi connectivity index (χ1) is 6.83. The molecule has 2 heterocycles. The molecule has 2 rings (SSSR count). The van der Waals surface area contributed by atoms with Crippen LogP contribution in [0, 0.1) is 0 Å². The lowest BCUT2D eigenvalue weighted by Crippen LogP contribution is -2.17. The van der Waals surface area contributed by atoms with Crippen molar-refractivity contribution in [3.63, 3.8) is 0 Å². The highest BCUT2D eigenvalue weighted by molar-refractivity contribution is 7.97. The molecule has 72 valence electrons. The van der Waals surface area contributed by atoms with Crippen molar-refractivity contribution in [2.75, 3.05) is 6.26 Å². The van der Waals surface area contributed by atoms with Crippen molar-refractivity contribution in [3.05, 3.63) is 40.9 Å². The summed E-state index contributed by atoms with van der Waals surface area (Å²) < 4.78 is 1.73. The SMILES string of the molecule is CSCn1c(=O)ccc2ccncc21. The third kappa shape index (κ3) is 1.53. The van der Waals surface area contributed by atoms with Crippen molar-refractivity contribution in [1.82, 2.24) is 9.55 Å². The van der Waals surface area contributed by atoms with E-state index >= 15 is 0 Å². The van der Waals surface area contributed by atoms with Crippen molar-refractivity contribution < 1.29 is 0 Å². The summed E-state index contributed by atoms with van der Waals surface area (Å²) in [5.74, 6) is 0.669. The second kappa shape index (κ2) is 3.84. The van der Waals surface area contributed by atoms with Crippen molar-refractivity contribution in [2.45, 2.75) is 5.88 Å². The van der Waals surface area contributed by atoms with Crippen LogP contribution in [0.1, 0.15) is 0 Å². The summed E-state index contributed by atoms with van der Waals surface area (Å²) in [4.78, 5) is 15.6. The van der Waals surface area contributed by atoms with Crippen molar-refractivity contribution >= 4 is 22.7 Å². The van der Waals surface area contributed by atoms with E-state index in [1.54, 1.807) is 34.8 Å². The Kier molecular flexibility index (Phi) is 2.54. The van der Waals surface area contributed by atoms with Gasteiger partial charge in [0.15, 0.2) is 0 Å². The monoisotopic (exact) mass is 206 g/mol. The summed E-state index contributed by atoms with van der Waals surface area (Å²) >= 11 is 1.62. The molecule has 0 radical (unpaired) electrons. The van der Waals surface area contributed by atoms with E-state index in [-0.39, 0.29) is 5.56 Å². The summed E-state index contributed by atoms with van der Waals surface area (Å²) in [7, 11) is 0. The van der Waals surface area contributed by atoms with Gasteiger partial charge in [-0.1, -0.05) is 0 Å². The van der Waals surface area contributed by atoms with Crippen LogP contribution in [0.3, 0.4) is 0 Å². The second-order valence-electron chi connectivity index (χ2n) is 2.95. The Balaban J connectivity index is 2.76. The summed E-state index contributed by atoms with van der Waals surface area (Å²) in [6.45, 7) is 0. The average Bonchev–Trinajstić information content (AvgIpc) is 2.23. The molecule has 0 amide bonds. The number of thioether (sulfide) groups is 1. The summed E-state index contributed by atoms with van der Waals surface area (Å²) in [5.41, 5.74) is 0.925. The van der Waals surface area contributed by atoms with Gasteiger partial charge in [-0.25, -0.2) is 0 Å². The van der Waals surface area contributed by atoms with Gasteiger partial charge in [-0.3, -0.25) is 14.3 Å². The molecule has 0 bridgehead atoms. The Morgan fingerprint density at radius 2 is 2.29 bits per heavy atom. The number of nitrogens with zero attached hydrogens (tertiary/aromatic N) is 2. The zero-order valence-electron chi connectivity index (χ0n) is 7.80. The highest BCUT2D eigenvalue weighted by atomic mass is 32.2. The number of hydrogen-bond donors (Lipinski definition) is 0. The number of fused-ring (bicyclic) bond motifs is 1. The molecule has 2 aromatic heterocycles. The number of pyridine rings is 2. The molecule has 0 saturated carbocycles. The molecule has 0 spiro atoms. The molecular weight excluding hydrogens is 196 g/mol. The Morgan fingerprint density at radius 3 is 3.07 bits per heavy atom. The van der Waals surface area contributed by atoms with Crippen LogP contribution in [-0.4, -0.2) is 15.8 Å². The molecule has 0 aliphatic heterocycles. The van der Waals surface area contributed by atoms with Crippen molar-refractivity contribution in [1.29, 1.82) is 0 Å². The molecule has 0 unspecified atom stereocenters. The van der Waals surface area contributed by atoms with Gasteiger partial charge in [-0.2, -0.15) is 0 Å². The molecule has 0 atom stereocenters. The van der Waals surface area contributed by atoms with Crippen molar-refractivity contribution in [3.8, 4) is 0 Å². The standard InChI is InChI=1S/C10H10N2OS/c1-14-7-12-9-6-11-5-4-8(9)2-3-10(12)13/h2-6H,7H2,1H3. The van der Waals surface area contributed by atoms with Crippen molar-refractivity contribution in [2.24, 2.45) is 0 Å². The van der Waals surface area contributed by atoms with E-state index in [1.165, 1.54) is 0 Å². The molecule has 0 fully saturated rings. The van der Waals surface area contributed by atoms with Crippen LogP contribution in [-0.2, 0) is 5.88 Å². The topological polar surface area (TPSA) is 34.9 Å². The maximum atomic E-state index is 11.5. The molecule has 0 aliphatic carbocycles. The van der Waals surface area contributed by atoms with Gasteiger partial charge in [-0.05, 0) is 18.4 Å². The van der Waals surface area contributed by atoms with Gasteiger partial charge >= 0.3 is 0 Å². The molecule has 0 N–H and O–H groups in total. The van der Waals surface area contributed by atoms with Crippen LogP contribution < -0.4 is 5.56 Å². The number of aromatic nitrogens is 2. The van der Waals surface area contributed by atoms with E-state index in [9.17, 15) is 4.79 Å². The van der Waals surface area contributed by atoms with Crippen LogP contribution in [0.2, 0.25) is 0 Å². The first-order valence-electron chi connectivity index (χ1n) is 4.25. The average molecular weight is 206 g/mol. The largest absolute Gasteiger partial charge is 0.297 e. The number of rotatable bonds is 2. The maximum Gasteiger partial charge on any atom is 0.251 e. The van der Waals surface area contributed by atoms with Gasteiger partial charge in [0.2, 0.25) is 0 Å². The molecule has 2 aromatic rings. The van der Waals surface area contributed by atoms with Crippen LogP contribution >= 0.6 is 11.8 Å². The van der Waals surface area contributed by atoms with E-state index in [1.807, 2.05) is 18.4 Å². The minimum atomic E-state index is 0.0276. The lowest BCUT2D eigenvalue weighted by atomic mass is 10.2. The normalized spacial score (nSPS) is 10.6. The van der Waals surface area contributed by atoms with Gasteiger partial charge in [0.1, 0.15) is 0 Å². The Labute approximate surface area is 85.8 Å². The fraction of sp³-hybridized carbons (Fsp3) is 0.200. The predicted molar refractivity (Wildman–Crippen MR) is 59.5 cm³/mol. The third-order valence-electron chi connectivity index (χ3n) is 2.05. The van der Waals surface area contributed by atoms with Gasteiger partial charge in [0, 0.05) is 17.6 Å². The van der Waals surface area contributed by atoms with E-state index < -0.39 is 0 Å². The van der Waals surface area contributed by atoms with E-state index in [0.717, 1.165) is 10.9 Å². The smallest absolute Gasteiger partial charge is 0.251 e. The molecule has 14 heavy (non-hydrogen) atoms. The fourth-order valence-electron chi connectivity index (χ4n) is 1.40. The van der Waals surface area contributed by atoms with Gasteiger partial charge in [0.25, 0.3) is 5.56 Å². The number of hydrogen-bond acceptors (Lipinski definition) is 3. The van der Waals surface area contributed by atoms with Gasteiger partial charge in [0.05, 0.1) is 17.6 Å². The molecular formula is C10H10N2OS. The molecule has 0 aliphatic rings. The summed E-state index contributed by atoms with van der Waals surface area (Å²) in [6.07, 6.45) is 5.44. The van der Waals surface area contributed by atoms with Crippen LogP contribution in [0.4, 0.5) is 0 Å². The fourth-order valence-corrected chi connectivity index (χ4v) is 1.92.